The van der Waals surface area contributed by atoms with E-state index in [0.717, 1.165) is 12.3 Å². The van der Waals surface area contributed by atoms with E-state index in [-0.39, 0.29) is 0 Å². The van der Waals surface area contributed by atoms with Crippen molar-refractivity contribution in [1.29, 1.82) is 0 Å². The minimum atomic E-state index is 0.409. The van der Waals surface area contributed by atoms with Gasteiger partial charge in [0.05, 0.1) is 12.2 Å². The topological polar surface area (TPSA) is 21.5 Å². The van der Waals surface area contributed by atoms with Crippen molar-refractivity contribution in [3.63, 3.8) is 0 Å². The fraction of sp³-hybridized carbons (Fsp3) is 0.952. The highest BCUT2D eigenvalue weighted by Crippen LogP contribution is 2.28. The lowest BCUT2D eigenvalue weighted by molar-refractivity contribution is -0.762. The molecule has 3 nitrogen and oxygen atoms in total. The molecule has 0 bridgehead atoms. The Morgan fingerprint density at radius 3 is 2.46 bits per heavy atom. The lowest BCUT2D eigenvalue weighted by Gasteiger charge is -2.22. The van der Waals surface area contributed by atoms with Gasteiger partial charge in [-0.05, 0) is 49.7 Å². The molecule has 1 aliphatic rings. The second-order valence-corrected chi connectivity index (χ2v) is 7.74. The zero-order valence-electron chi connectivity index (χ0n) is 17.1. The molecule has 1 rings (SSSR count). The average Bonchev–Trinajstić information content (AvgIpc) is 2.80. The number of nitrogens with zero attached hydrogens (tertiary/aromatic N) is 1. The molecule has 0 heterocycles. The second kappa shape index (κ2) is 11.9. The van der Waals surface area contributed by atoms with Gasteiger partial charge in [0.15, 0.2) is 7.05 Å². The fourth-order valence-corrected chi connectivity index (χ4v) is 3.98. The van der Waals surface area contributed by atoms with E-state index in [1.54, 1.807) is 7.11 Å². The lowest BCUT2D eigenvalue weighted by Crippen LogP contribution is -2.25. The maximum atomic E-state index is 6.38. The Morgan fingerprint density at radius 1 is 1.08 bits per heavy atom. The Balaban J connectivity index is 2.40. The third kappa shape index (κ3) is 7.55. The Hall–Kier alpha value is -0.570. The van der Waals surface area contributed by atoms with Crippen LogP contribution in [0.25, 0.3) is 0 Å². The van der Waals surface area contributed by atoms with Gasteiger partial charge in [0.1, 0.15) is 7.11 Å². The molecule has 0 amide bonds. The molecule has 0 aromatic carbocycles. The number of hydrogen-bond donors (Lipinski definition) is 0. The van der Waals surface area contributed by atoms with Crippen LogP contribution in [0.4, 0.5) is 0 Å². The van der Waals surface area contributed by atoms with Crippen LogP contribution in [-0.4, -0.2) is 36.8 Å². The molecule has 0 aromatic heterocycles. The van der Waals surface area contributed by atoms with E-state index in [9.17, 15) is 0 Å². The summed E-state index contributed by atoms with van der Waals surface area (Å²) in [5.74, 6) is 1.52. The normalized spacial score (nSPS) is 25.6. The van der Waals surface area contributed by atoms with Gasteiger partial charge >= 0.3 is 0 Å². The first kappa shape index (κ1) is 21.5. The molecule has 4 atom stereocenters. The largest absolute Gasteiger partial charge is 0.375 e. The van der Waals surface area contributed by atoms with Gasteiger partial charge in [0.25, 0.3) is 0 Å². The summed E-state index contributed by atoms with van der Waals surface area (Å²) in [4.78, 5) is 5.43. The third-order valence-electron chi connectivity index (χ3n) is 5.86. The summed E-state index contributed by atoms with van der Waals surface area (Å²) in [5.41, 5.74) is 1.44. The maximum Gasteiger partial charge on any atom is 0.206 e. The van der Waals surface area contributed by atoms with Crippen molar-refractivity contribution in [3.05, 3.63) is 0 Å². The van der Waals surface area contributed by atoms with Gasteiger partial charge in [-0.2, -0.15) is 0 Å². The van der Waals surface area contributed by atoms with Crippen LogP contribution in [0.3, 0.4) is 0 Å². The van der Waals surface area contributed by atoms with Gasteiger partial charge in [-0.3, -0.25) is 4.84 Å². The maximum absolute atomic E-state index is 6.38. The highest BCUT2D eigenvalue weighted by Gasteiger charge is 2.28. The Kier molecular flexibility index (Phi) is 10.6. The molecule has 3 heteroatoms. The van der Waals surface area contributed by atoms with Crippen LogP contribution < -0.4 is 0 Å². The average molecular weight is 341 g/mol. The van der Waals surface area contributed by atoms with E-state index in [1.165, 1.54) is 63.5 Å². The zero-order chi connectivity index (χ0) is 17.9. The van der Waals surface area contributed by atoms with E-state index in [0.29, 0.717) is 18.1 Å². The summed E-state index contributed by atoms with van der Waals surface area (Å²) in [5, 5.41) is 0. The molecule has 24 heavy (non-hydrogen) atoms. The van der Waals surface area contributed by atoms with Crippen molar-refractivity contribution in [2.75, 3.05) is 14.2 Å². The number of hydroxylamine groups is 1. The molecule has 0 aliphatic heterocycles. The predicted molar refractivity (Wildman–Crippen MR) is 103 cm³/mol. The molecule has 0 saturated heterocycles. The minimum Gasteiger partial charge on any atom is -0.375 e. The van der Waals surface area contributed by atoms with Crippen molar-refractivity contribution in [3.8, 4) is 0 Å². The summed E-state index contributed by atoms with van der Waals surface area (Å²) in [7, 11) is 3.80. The highest BCUT2D eigenvalue weighted by molar-refractivity contribution is 5.81. The predicted octanol–water partition coefficient (Wildman–Crippen LogP) is 5.61. The van der Waals surface area contributed by atoms with Crippen LogP contribution in [-0.2, 0) is 9.57 Å². The molecule has 1 aliphatic carbocycles. The van der Waals surface area contributed by atoms with Crippen LogP contribution in [0.1, 0.15) is 91.9 Å². The quantitative estimate of drug-likeness (QED) is 0.223. The lowest BCUT2D eigenvalue weighted by atomic mass is 9.93. The first-order valence-electron chi connectivity index (χ1n) is 10.3. The van der Waals surface area contributed by atoms with Gasteiger partial charge in [-0.15, -0.1) is 0 Å². The van der Waals surface area contributed by atoms with Crippen LogP contribution in [0.5, 0.6) is 0 Å². The number of hydrogen-bond acceptors (Lipinski definition) is 2. The molecular weight excluding hydrogens is 298 g/mol. The summed E-state index contributed by atoms with van der Waals surface area (Å²) < 4.78 is 8.36. The van der Waals surface area contributed by atoms with Gasteiger partial charge in [-0.25, -0.2) is 0 Å². The van der Waals surface area contributed by atoms with E-state index in [2.05, 4.69) is 27.7 Å². The van der Waals surface area contributed by atoms with Crippen LogP contribution >= 0.6 is 0 Å². The Morgan fingerprint density at radius 2 is 1.83 bits per heavy atom. The highest BCUT2D eigenvalue weighted by atomic mass is 16.6. The third-order valence-corrected chi connectivity index (χ3v) is 5.86. The zero-order valence-corrected chi connectivity index (χ0v) is 17.1. The van der Waals surface area contributed by atoms with Gasteiger partial charge < -0.3 is 4.74 Å². The molecule has 0 N–H and O–H groups in total. The molecule has 142 valence electrons. The summed E-state index contributed by atoms with van der Waals surface area (Å²) in [6.45, 7) is 9.15. The summed E-state index contributed by atoms with van der Waals surface area (Å²) in [6, 6.07) is 0. The van der Waals surface area contributed by atoms with Gasteiger partial charge in [0, 0.05) is 12.3 Å². The second-order valence-electron chi connectivity index (χ2n) is 7.74. The Bertz CT molecular complexity index is 367. The van der Waals surface area contributed by atoms with Crippen LogP contribution in [0, 0.1) is 11.8 Å². The monoisotopic (exact) mass is 340 g/mol. The molecular formula is C21H42NO2+. The standard InChI is InChI=1S/C21H42NO2/c1-7-17(3)11-9-12-18(4)24-20-14-10-13-19(15-16-20)21(8-2)22(5)23-6/h17-20H,7-16H2,1-6H3/q+1. The van der Waals surface area contributed by atoms with Crippen molar-refractivity contribution >= 4 is 5.71 Å². The van der Waals surface area contributed by atoms with Gasteiger partial charge in [-0.1, -0.05) is 46.5 Å². The Labute approximate surface area is 150 Å². The van der Waals surface area contributed by atoms with Crippen LogP contribution in [0.2, 0.25) is 0 Å². The summed E-state index contributed by atoms with van der Waals surface area (Å²) >= 11 is 0. The number of ether oxygens (including phenoxy) is 1. The van der Waals surface area contributed by atoms with Crippen molar-refractivity contribution < 1.29 is 14.3 Å². The minimum absolute atomic E-state index is 0.409. The van der Waals surface area contributed by atoms with Gasteiger partial charge in [0.2, 0.25) is 5.71 Å². The molecule has 1 fully saturated rings. The molecule has 0 aromatic rings. The SMILES string of the molecule is CCC(C1CCCC(OC(C)CCCC(C)CC)CC1)=[N+](C)OC. The molecule has 0 radical (unpaired) electrons. The first-order chi connectivity index (χ1) is 11.5. The fourth-order valence-electron chi connectivity index (χ4n) is 3.98. The summed E-state index contributed by atoms with van der Waals surface area (Å²) in [6.07, 6.45) is 13.3. The first-order valence-corrected chi connectivity index (χ1v) is 10.3. The molecule has 4 unspecified atom stereocenters. The molecule has 0 spiro atoms. The van der Waals surface area contributed by atoms with E-state index < -0.39 is 0 Å². The molecule has 1 saturated carbocycles. The van der Waals surface area contributed by atoms with Crippen molar-refractivity contribution in [2.45, 2.75) is 104 Å². The van der Waals surface area contributed by atoms with Crippen molar-refractivity contribution in [1.82, 2.24) is 0 Å². The van der Waals surface area contributed by atoms with E-state index in [1.807, 2.05) is 11.8 Å². The van der Waals surface area contributed by atoms with E-state index in [4.69, 9.17) is 9.57 Å². The smallest absolute Gasteiger partial charge is 0.206 e. The van der Waals surface area contributed by atoms with Crippen molar-refractivity contribution in [2.24, 2.45) is 11.8 Å². The van der Waals surface area contributed by atoms with Crippen LogP contribution in [0.15, 0.2) is 0 Å². The van der Waals surface area contributed by atoms with E-state index >= 15 is 0 Å². The number of rotatable bonds is 10.